The molecule has 65 heavy (non-hydrogen) atoms. The van der Waals surface area contributed by atoms with Gasteiger partial charge in [0.1, 0.15) is 0 Å². The summed E-state index contributed by atoms with van der Waals surface area (Å²) in [5, 5.41) is 6.18. The van der Waals surface area contributed by atoms with Crippen LogP contribution in [0.4, 0.5) is 17.1 Å². The van der Waals surface area contributed by atoms with E-state index in [1.165, 1.54) is 64.3 Å². The van der Waals surface area contributed by atoms with Crippen LogP contribution < -0.4 is 4.90 Å². The quantitative estimate of drug-likeness (QED) is 0.149. The molecular weight excluding hydrogens is 805 g/mol. The average Bonchev–Trinajstić information content (AvgIpc) is 3.91. The fourth-order valence-electron chi connectivity index (χ4n) is 10.7. The van der Waals surface area contributed by atoms with Gasteiger partial charge in [0.15, 0.2) is 0 Å². The second-order valence-electron chi connectivity index (χ2n) is 17.0. The fraction of sp³-hybridized carbons (Fsp3) is 0.0161. The number of anilines is 3. The van der Waals surface area contributed by atoms with Crippen LogP contribution in [0, 0.1) is 0 Å². The van der Waals surface area contributed by atoms with E-state index >= 15 is 0 Å². The van der Waals surface area contributed by atoms with Gasteiger partial charge in [-0.1, -0.05) is 194 Å². The van der Waals surface area contributed by atoms with Gasteiger partial charge in [0.05, 0.1) is 16.6 Å². The van der Waals surface area contributed by atoms with Gasteiger partial charge < -0.3 is 4.90 Å². The van der Waals surface area contributed by atoms with Crippen LogP contribution in [-0.4, -0.2) is 4.98 Å². The smallest absolute Gasteiger partial charge is 0.0788 e. The molecule has 0 N–H and O–H groups in total. The Balaban J connectivity index is 0.916. The minimum absolute atomic E-state index is 0.477. The van der Waals surface area contributed by atoms with E-state index in [0.717, 1.165) is 50.3 Å². The molecule has 2 aromatic heterocycles. The molecule has 0 saturated heterocycles. The third-order valence-electron chi connectivity index (χ3n) is 13.5. The highest BCUT2D eigenvalue weighted by Crippen LogP contribution is 2.59. The summed E-state index contributed by atoms with van der Waals surface area (Å²) in [5.74, 6) is 0. The van der Waals surface area contributed by atoms with Crippen LogP contribution in [-0.2, 0) is 5.41 Å². The van der Waals surface area contributed by atoms with E-state index in [-0.39, 0.29) is 0 Å². The number of para-hydroxylation sites is 2. The molecule has 0 unspecified atom stereocenters. The Morgan fingerprint density at radius 3 is 1.65 bits per heavy atom. The number of benzene rings is 10. The first-order valence-corrected chi connectivity index (χ1v) is 23.1. The van der Waals surface area contributed by atoms with Crippen molar-refractivity contribution in [3.63, 3.8) is 0 Å². The molecule has 0 aliphatic heterocycles. The van der Waals surface area contributed by atoms with Gasteiger partial charge >= 0.3 is 0 Å². The summed E-state index contributed by atoms with van der Waals surface area (Å²) in [6, 6.07) is 88.7. The second-order valence-corrected chi connectivity index (χ2v) is 18.1. The average molecular weight is 845 g/mol. The van der Waals surface area contributed by atoms with Gasteiger partial charge in [-0.2, -0.15) is 0 Å². The molecule has 0 fully saturated rings. The van der Waals surface area contributed by atoms with E-state index in [9.17, 15) is 0 Å². The molecule has 0 saturated carbocycles. The number of nitrogens with zero attached hydrogens (tertiary/aromatic N) is 2. The number of pyridine rings is 1. The monoisotopic (exact) mass is 844 g/mol. The standard InChI is InChI=1S/C62H40N2S/c1-4-16-44(17-5-1)62(45-18-6-2-7-19-45)54-25-13-10-23-51(54)60-55(62)39-38-53-59(60)52-24-11-14-26-56(52)63-61(53)43-30-28-41(29-31-43)42-32-34-47(35-33-42)64(46-20-8-3-9-21-46)48-36-37-50-49-22-12-15-27-57(49)65-58(50)40-48/h1-40H. The number of thiophene rings is 1. The second kappa shape index (κ2) is 15.0. The van der Waals surface area contributed by atoms with Gasteiger partial charge in [-0.25, -0.2) is 4.98 Å². The minimum Gasteiger partial charge on any atom is -0.310 e. The summed E-state index contributed by atoms with van der Waals surface area (Å²) < 4.78 is 2.60. The highest BCUT2D eigenvalue weighted by Gasteiger charge is 2.46. The summed E-state index contributed by atoms with van der Waals surface area (Å²) in [5.41, 5.74) is 16.0. The summed E-state index contributed by atoms with van der Waals surface area (Å²) in [7, 11) is 0. The van der Waals surface area contributed by atoms with Crippen molar-refractivity contribution in [3.05, 3.63) is 265 Å². The van der Waals surface area contributed by atoms with E-state index in [0.29, 0.717) is 0 Å². The van der Waals surface area contributed by atoms with Crippen LogP contribution in [0.5, 0.6) is 0 Å². The van der Waals surface area contributed by atoms with Gasteiger partial charge in [-0.3, -0.25) is 0 Å². The van der Waals surface area contributed by atoms with Crippen LogP contribution in [0.15, 0.2) is 243 Å². The zero-order valence-electron chi connectivity index (χ0n) is 35.4. The minimum atomic E-state index is -0.477. The number of aromatic nitrogens is 1. The molecular formula is C62H40N2S. The number of fused-ring (bicyclic) bond motifs is 10. The highest BCUT2D eigenvalue weighted by atomic mass is 32.1. The van der Waals surface area contributed by atoms with Crippen LogP contribution in [0.1, 0.15) is 22.3 Å². The Bertz CT molecular complexity index is 3710. The van der Waals surface area contributed by atoms with Crippen LogP contribution in [0.25, 0.3) is 75.4 Å². The number of rotatable bonds is 7. The predicted octanol–water partition coefficient (Wildman–Crippen LogP) is 16.9. The van der Waals surface area contributed by atoms with Gasteiger partial charge in [-0.05, 0) is 93.0 Å². The molecule has 0 spiro atoms. The summed E-state index contributed by atoms with van der Waals surface area (Å²) in [6.45, 7) is 0. The molecule has 304 valence electrons. The van der Waals surface area contributed by atoms with Crippen molar-refractivity contribution in [1.82, 2.24) is 4.98 Å². The first kappa shape index (κ1) is 37.4. The molecule has 0 radical (unpaired) electrons. The van der Waals surface area contributed by atoms with Crippen molar-refractivity contribution in [2.45, 2.75) is 5.41 Å². The summed E-state index contributed by atoms with van der Waals surface area (Å²) in [6.07, 6.45) is 0. The lowest BCUT2D eigenvalue weighted by Crippen LogP contribution is -2.28. The summed E-state index contributed by atoms with van der Waals surface area (Å²) in [4.78, 5) is 7.78. The fourth-order valence-corrected chi connectivity index (χ4v) is 11.8. The molecule has 3 heteroatoms. The van der Waals surface area contributed by atoms with Crippen LogP contribution >= 0.6 is 11.3 Å². The van der Waals surface area contributed by atoms with Crippen molar-refractivity contribution in [2.24, 2.45) is 0 Å². The molecule has 2 heterocycles. The van der Waals surface area contributed by atoms with Crippen molar-refractivity contribution in [3.8, 4) is 33.5 Å². The van der Waals surface area contributed by atoms with E-state index in [1.54, 1.807) is 0 Å². The third-order valence-corrected chi connectivity index (χ3v) is 14.7. The van der Waals surface area contributed by atoms with Gasteiger partial charge in [0, 0.05) is 59.0 Å². The van der Waals surface area contributed by atoms with Gasteiger partial charge in [-0.15, -0.1) is 11.3 Å². The van der Waals surface area contributed by atoms with Crippen LogP contribution in [0.3, 0.4) is 0 Å². The molecule has 0 bridgehead atoms. The molecule has 12 aromatic rings. The molecule has 13 rings (SSSR count). The predicted molar refractivity (Wildman–Crippen MR) is 275 cm³/mol. The normalized spacial score (nSPS) is 12.7. The van der Waals surface area contributed by atoms with Crippen molar-refractivity contribution < 1.29 is 0 Å². The lowest BCUT2D eigenvalue weighted by molar-refractivity contribution is 0.769. The zero-order valence-corrected chi connectivity index (χ0v) is 36.2. The molecule has 1 aliphatic carbocycles. The third kappa shape index (κ3) is 5.83. The van der Waals surface area contributed by atoms with Crippen molar-refractivity contribution >= 4 is 70.2 Å². The first-order chi connectivity index (χ1) is 32.2. The topological polar surface area (TPSA) is 16.1 Å². The maximum absolute atomic E-state index is 5.43. The van der Waals surface area contributed by atoms with E-state index in [1.807, 2.05) is 11.3 Å². The largest absolute Gasteiger partial charge is 0.310 e. The molecule has 10 aromatic carbocycles. The molecule has 0 atom stereocenters. The van der Waals surface area contributed by atoms with Crippen molar-refractivity contribution in [2.75, 3.05) is 4.90 Å². The Labute approximate surface area is 382 Å². The number of hydrogen-bond donors (Lipinski definition) is 0. The Morgan fingerprint density at radius 1 is 0.369 bits per heavy atom. The van der Waals surface area contributed by atoms with Crippen LogP contribution in [0.2, 0.25) is 0 Å². The zero-order chi connectivity index (χ0) is 42.9. The Kier molecular flexibility index (Phi) is 8.65. The van der Waals surface area contributed by atoms with Crippen molar-refractivity contribution in [1.29, 1.82) is 0 Å². The lowest BCUT2D eigenvalue weighted by Gasteiger charge is -2.34. The Hall–Kier alpha value is -8.11. The molecule has 2 nitrogen and oxygen atoms in total. The van der Waals surface area contributed by atoms with E-state index in [2.05, 4.69) is 248 Å². The maximum atomic E-state index is 5.43. The Morgan fingerprint density at radius 2 is 0.908 bits per heavy atom. The molecule has 1 aliphatic rings. The summed E-state index contributed by atoms with van der Waals surface area (Å²) >= 11 is 1.85. The molecule has 0 amide bonds. The maximum Gasteiger partial charge on any atom is 0.0788 e. The number of hydrogen-bond acceptors (Lipinski definition) is 3. The lowest BCUT2D eigenvalue weighted by atomic mass is 9.67. The first-order valence-electron chi connectivity index (χ1n) is 22.3. The van der Waals surface area contributed by atoms with Gasteiger partial charge in [0.25, 0.3) is 0 Å². The SMILES string of the molecule is c1ccc(N(c2ccc(-c3ccc(-c4nc5ccccc5c5c6c(ccc45)C(c4ccccc4)(c4ccccc4)c4ccccc4-6)cc3)cc2)c2ccc3c(c2)sc2ccccc23)cc1. The van der Waals surface area contributed by atoms with Gasteiger partial charge in [0.2, 0.25) is 0 Å². The van der Waals surface area contributed by atoms with E-state index < -0.39 is 5.41 Å². The highest BCUT2D eigenvalue weighted by molar-refractivity contribution is 7.25. The van der Waals surface area contributed by atoms with E-state index in [4.69, 9.17) is 4.98 Å².